The highest BCUT2D eigenvalue weighted by Crippen LogP contribution is 2.52. The lowest BCUT2D eigenvalue weighted by Crippen LogP contribution is -2.14. The van der Waals surface area contributed by atoms with Crippen LogP contribution in [0.2, 0.25) is 0 Å². The van der Waals surface area contributed by atoms with Crippen molar-refractivity contribution in [2.45, 2.75) is 19.3 Å². The number of rotatable bonds is 3. The van der Waals surface area contributed by atoms with Gasteiger partial charge in [0.2, 0.25) is 0 Å². The molecule has 0 saturated heterocycles. The van der Waals surface area contributed by atoms with Gasteiger partial charge < -0.3 is 0 Å². The first-order valence-corrected chi connectivity index (χ1v) is 19.4. The third-order valence-corrected chi connectivity index (χ3v) is 12.8. The van der Waals surface area contributed by atoms with Gasteiger partial charge in [0.15, 0.2) is 0 Å². The van der Waals surface area contributed by atoms with Crippen LogP contribution >= 0.6 is 0 Å². The molecule has 0 amide bonds. The third kappa shape index (κ3) is 4.28. The van der Waals surface area contributed by atoms with Crippen molar-refractivity contribution in [3.8, 4) is 44.5 Å². The minimum absolute atomic E-state index is 0.103. The van der Waals surface area contributed by atoms with E-state index in [4.69, 9.17) is 0 Å². The molecule has 0 heteroatoms. The number of benzene rings is 11. The lowest BCUT2D eigenvalue weighted by Gasteiger charge is -2.22. The van der Waals surface area contributed by atoms with Crippen molar-refractivity contribution in [1.29, 1.82) is 0 Å². The first kappa shape index (κ1) is 30.7. The van der Waals surface area contributed by atoms with Crippen LogP contribution in [-0.2, 0) is 5.41 Å². The molecule has 1 aliphatic rings. The van der Waals surface area contributed by atoms with Crippen molar-refractivity contribution in [3.05, 3.63) is 193 Å². The maximum atomic E-state index is 2.50. The Morgan fingerprint density at radius 3 is 1.42 bits per heavy atom. The van der Waals surface area contributed by atoms with Crippen LogP contribution in [0.4, 0.5) is 0 Å². The molecule has 0 bridgehead atoms. The van der Waals surface area contributed by atoms with E-state index in [1.165, 1.54) is 120 Å². The Morgan fingerprint density at radius 2 is 0.764 bits per heavy atom. The normalized spacial score (nSPS) is 13.4. The molecule has 0 nitrogen and oxygen atoms in total. The molecule has 0 aliphatic heterocycles. The fourth-order valence-electron chi connectivity index (χ4n) is 10.1. The molecular weight excluding hydrogens is 661 g/mol. The molecule has 0 atom stereocenters. The monoisotopic (exact) mass is 696 g/mol. The lowest BCUT2D eigenvalue weighted by molar-refractivity contribution is 0.661. The second kappa shape index (κ2) is 11.1. The Balaban J connectivity index is 1.02. The van der Waals surface area contributed by atoms with Crippen molar-refractivity contribution in [1.82, 2.24) is 0 Å². The van der Waals surface area contributed by atoms with Gasteiger partial charge in [-0.1, -0.05) is 172 Å². The Morgan fingerprint density at radius 1 is 0.273 bits per heavy atom. The number of hydrogen-bond donors (Lipinski definition) is 0. The van der Waals surface area contributed by atoms with E-state index in [0.717, 1.165) is 0 Å². The Bertz CT molecular complexity index is 3380. The summed E-state index contributed by atoms with van der Waals surface area (Å²) in [5.41, 5.74) is 12.9. The third-order valence-electron chi connectivity index (χ3n) is 12.8. The number of fused-ring (bicyclic) bond motifs is 9. The maximum absolute atomic E-state index is 2.50. The van der Waals surface area contributed by atoms with E-state index in [2.05, 4.69) is 196 Å². The minimum atomic E-state index is -0.103. The summed E-state index contributed by atoms with van der Waals surface area (Å²) in [7, 11) is 0. The van der Waals surface area contributed by atoms with Crippen molar-refractivity contribution in [3.63, 3.8) is 0 Å². The summed E-state index contributed by atoms with van der Waals surface area (Å²) in [5.74, 6) is 0. The summed E-state index contributed by atoms with van der Waals surface area (Å²) < 4.78 is 0. The average molecular weight is 697 g/mol. The second-order valence-corrected chi connectivity index (χ2v) is 16.0. The SMILES string of the molecule is CC1(C)c2ccc(-c3cccc(-c4ccc5ccc6c(-c7ccccc7)ccc7ccc4c5c76)c3)cc2-c2cc3c4ccccc4c4ccccc4c3cc21. The predicted octanol–water partition coefficient (Wildman–Crippen LogP) is 15.4. The van der Waals surface area contributed by atoms with E-state index in [1.807, 2.05) is 0 Å². The number of hydrogen-bond acceptors (Lipinski definition) is 0. The second-order valence-electron chi connectivity index (χ2n) is 16.0. The molecule has 0 heterocycles. The van der Waals surface area contributed by atoms with E-state index >= 15 is 0 Å². The van der Waals surface area contributed by atoms with Gasteiger partial charge in [0, 0.05) is 5.41 Å². The molecule has 11 aromatic carbocycles. The Hall–Kier alpha value is -6.76. The molecule has 0 unspecified atom stereocenters. The average Bonchev–Trinajstić information content (AvgIpc) is 3.47. The molecule has 0 N–H and O–H groups in total. The largest absolute Gasteiger partial charge is 0.0622 e. The van der Waals surface area contributed by atoms with Gasteiger partial charge >= 0.3 is 0 Å². The molecule has 0 fully saturated rings. The van der Waals surface area contributed by atoms with Gasteiger partial charge in [-0.05, 0) is 145 Å². The zero-order chi connectivity index (χ0) is 36.4. The zero-order valence-electron chi connectivity index (χ0n) is 30.8. The van der Waals surface area contributed by atoms with Crippen LogP contribution in [-0.4, -0.2) is 0 Å². The van der Waals surface area contributed by atoms with E-state index in [1.54, 1.807) is 0 Å². The molecule has 0 aromatic heterocycles. The van der Waals surface area contributed by atoms with Crippen LogP contribution in [0.25, 0.3) is 109 Å². The fourth-order valence-corrected chi connectivity index (χ4v) is 10.1. The van der Waals surface area contributed by atoms with E-state index in [-0.39, 0.29) is 5.41 Å². The summed E-state index contributed by atoms with van der Waals surface area (Å²) in [4.78, 5) is 0. The molecule has 1 aliphatic carbocycles. The summed E-state index contributed by atoms with van der Waals surface area (Å²) in [6.07, 6.45) is 0. The Kier molecular flexibility index (Phi) is 6.21. The van der Waals surface area contributed by atoms with Crippen molar-refractivity contribution in [2.24, 2.45) is 0 Å². The van der Waals surface area contributed by atoms with E-state index in [0.29, 0.717) is 0 Å². The zero-order valence-corrected chi connectivity index (χ0v) is 30.8. The standard InChI is InChI=1S/C55H36/c1-55(2)51-28-23-37(30-49(51)50-31-47-43-17-8-6-15-41(43)42-16-7-9-18-44(42)48(47)32-52(50)55)36-13-10-14-38(29-36)40-25-20-35-21-26-45-39(33-11-4-3-5-12-33)24-19-34-22-27-46(40)54(35)53(34)45/h3-32H,1-2H3. The summed E-state index contributed by atoms with van der Waals surface area (Å²) >= 11 is 0. The van der Waals surface area contributed by atoms with Gasteiger partial charge in [-0.15, -0.1) is 0 Å². The van der Waals surface area contributed by atoms with E-state index < -0.39 is 0 Å². The molecule has 256 valence electrons. The Labute approximate surface area is 320 Å². The summed E-state index contributed by atoms with van der Waals surface area (Å²) in [6.45, 7) is 4.79. The van der Waals surface area contributed by atoms with Crippen molar-refractivity contribution >= 4 is 64.6 Å². The topological polar surface area (TPSA) is 0 Å². The molecule has 55 heavy (non-hydrogen) atoms. The smallest absolute Gasteiger partial charge is 0.0159 e. The molecule has 0 saturated carbocycles. The van der Waals surface area contributed by atoms with Crippen LogP contribution in [0.15, 0.2) is 182 Å². The van der Waals surface area contributed by atoms with Gasteiger partial charge in [-0.25, -0.2) is 0 Å². The predicted molar refractivity (Wildman–Crippen MR) is 237 cm³/mol. The van der Waals surface area contributed by atoms with Gasteiger partial charge in [0.25, 0.3) is 0 Å². The molecule has 0 radical (unpaired) electrons. The molecule has 0 spiro atoms. The highest BCUT2D eigenvalue weighted by atomic mass is 14.4. The molecule has 12 rings (SSSR count). The van der Waals surface area contributed by atoms with Crippen LogP contribution in [0.1, 0.15) is 25.0 Å². The highest BCUT2D eigenvalue weighted by molar-refractivity contribution is 6.28. The van der Waals surface area contributed by atoms with Gasteiger partial charge in [0.05, 0.1) is 0 Å². The molecular formula is C55H36. The fraction of sp³-hybridized carbons (Fsp3) is 0.0545. The maximum Gasteiger partial charge on any atom is 0.0159 e. The van der Waals surface area contributed by atoms with Crippen LogP contribution in [0.3, 0.4) is 0 Å². The quantitative estimate of drug-likeness (QED) is 0.161. The van der Waals surface area contributed by atoms with Crippen LogP contribution in [0.5, 0.6) is 0 Å². The van der Waals surface area contributed by atoms with Crippen LogP contribution < -0.4 is 0 Å². The summed E-state index contributed by atoms with van der Waals surface area (Å²) in [5, 5.41) is 15.8. The van der Waals surface area contributed by atoms with Crippen molar-refractivity contribution < 1.29 is 0 Å². The van der Waals surface area contributed by atoms with Gasteiger partial charge in [-0.3, -0.25) is 0 Å². The van der Waals surface area contributed by atoms with Gasteiger partial charge in [-0.2, -0.15) is 0 Å². The molecule has 11 aromatic rings. The van der Waals surface area contributed by atoms with Crippen LogP contribution in [0, 0.1) is 0 Å². The van der Waals surface area contributed by atoms with Gasteiger partial charge in [0.1, 0.15) is 0 Å². The lowest BCUT2D eigenvalue weighted by atomic mass is 9.81. The summed E-state index contributed by atoms with van der Waals surface area (Å²) in [6, 6.07) is 68.4. The van der Waals surface area contributed by atoms with E-state index in [9.17, 15) is 0 Å². The highest BCUT2D eigenvalue weighted by Gasteiger charge is 2.36. The first-order chi connectivity index (χ1) is 27.0. The first-order valence-electron chi connectivity index (χ1n) is 19.4. The minimum Gasteiger partial charge on any atom is -0.0622 e. The van der Waals surface area contributed by atoms with Crippen molar-refractivity contribution in [2.75, 3.05) is 0 Å².